The summed E-state index contributed by atoms with van der Waals surface area (Å²) in [6.07, 6.45) is 1.20. The van der Waals surface area contributed by atoms with Gasteiger partial charge >= 0.3 is 12.1 Å². The van der Waals surface area contributed by atoms with Crippen LogP contribution in [0.4, 0.5) is 14.9 Å². The lowest BCUT2D eigenvalue weighted by Gasteiger charge is -2.34. The molecule has 214 valence electrons. The molecule has 4 aromatic rings. The van der Waals surface area contributed by atoms with Gasteiger partial charge in [0.1, 0.15) is 5.60 Å². The number of rotatable bonds is 6. The molecular weight excluding hydrogens is 525 g/mol. The Hall–Kier alpha value is -4.53. The highest BCUT2D eigenvalue weighted by molar-refractivity contribution is 5.92. The van der Waals surface area contributed by atoms with Gasteiger partial charge in [-0.25, -0.2) is 14.0 Å². The summed E-state index contributed by atoms with van der Waals surface area (Å²) >= 11 is 0. The zero-order chi connectivity index (χ0) is 29.3. The lowest BCUT2D eigenvalue weighted by molar-refractivity contribution is 0.0496. The molecule has 9 heteroatoms. The molecule has 1 saturated heterocycles. The van der Waals surface area contributed by atoms with Crippen LogP contribution in [0.5, 0.6) is 5.75 Å². The van der Waals surface area contributed by atoms with Crippen LogP contribution in [-0.2, 0) is 4.74 Å². The first-order valence-corrected chi connectivity index (χ1v) is 13.6. The van der Waals surface area contributed by atoms with Gasteiger partial charge in [-0.2, -0.15) is 0 Å². The summed E-state index contributed by atoms with van der Waals surface area (Å²) < 4.78 is 27.2. The Morgan fingerprint density at radius 3 is 2.24 bits per heavy atom. The van der Waals surface area contributed by atoms with E-state index < -0.39 is 23.5 Å². The molecule has 5 rings (SSSR count). The number of anilines is 1. The molecule has 0 unspecified atom stereocenters. The largest absolute Gasteiger partial charge is 0.494 e. The molecule has 1 aromatic heterocycles. The van der Waals surface area contributed by atoms with Gasteiger partial charge in [-0.1, -0.05) is 0 Å². The number of nitrogens with zero attached hydrogens (tertiary/aromatic N) is 2. The highest BCUT2D eigenvalue weighted by atomic mass is 19.1. The third-order valence-electron chi connectivity index (χ3n) is 7.19. The number of carboxylic acids is 1. The quantitative estimate of drug-likeness (QED) is 0.275. The summed E-state index contributed by atoms with van der Waals surface area (Å²) in [5, 5.41) is 13.3. The maximum atomic E-state index is 14.7. The van der Waals surface area contributed by atoms with Crippen molar-refractivity contribution in [2.45, 2.75) is 45.3 Å². The van der Waals surface area contributed by atoms with E-state index in [0.717, 1.165) is 53.9 Å². The summed E-state index contributed by atoms with van der Waals surface area (Å²) in [6, 6.07) is 19.7. The zero-order valence-electron chi connectivity index (χ0n) is 23.6. The van der Waals surface area contributed by atoms with E-state index in [1.54, 1.807) is 30.3 Å². The minimum absolute atomic E-state index is 0.0521. The van der Waals surface area contributed by atoms with E-state index in [4.69, 9.17) is 9.47 Å². The van der Waals surface area contributed by atoms with E-state index in [2.05, 4.69) is 22.3 Å². The number of fused-ring (bicyclic) bond motifs is 1. The molecule has 0 radical (unpaired) electrons. The molecule has 0 spiro atoms. The lowest BCUT2D eigenvalue weighted by atomic mass is 10.0. The molecule has 2 N–H and O–H groups in total. The fraction of sp³-hybridized carbons (Fsp3) is 0.312. The van der Waals surface area contributed by atoms with Crippen molar-refractivity contribution in [3.63, 3.8) is 0 Å². The van der Waals surface area contributed by atoms with Gasteiger partial charge in [0, 0.05) is 41.5 Å². The number of aromatic carboxylic acids is 1. The Bertz CT molecular complexity index is 1580. The second-order valence-corrected chi connectivity index (χ2v) is 11.2. The fourth-order valence-electron chi connectivity index (χ4n) is 5.23. The second-order valence-electron chi connectivity index (χ2n) is 11.2. The molecule has 0 saturated carbocycles. The van der Waals surface area contributed by atoms with Crippen LogP contribution >= 0.6 is 0 Å². The molecule has 3 aromatic carbocycles. The Morgan fingerprint density at radius 1 is 0.951 bits per heavy atom. The van der Waals surface area contributed by atoms with E-state index in [1.807, 2.05) is 43.5 Å². The van der Waals surface area contributed by atoms with E-state index in [1.165, 1.54) is 13.2 Å². The number of nitrogens with one attached hydrogen (secondary N) is 1. The van der Waals surface area contributed by atoms with Crippen LogP contribution in [-0.4, -0.2) is 53.6 Å². The number of aromatic nitrogens is 1. The van der Waals surface area contributed by atoms with Crippen LogP contribution in [0, 0.1) is 5.82 Å². The second kappa shape index (κ2) is 11.2. The Labute approximate surface area is 238 Å². The molecular formula is C32H34FN3O5. The molecule has 1 aliphatic heterocycles. The number of methoxy groups -OCH3 is 1. The van der Waals surface area contributed by atoms with Crippen LogP contribution in [0.1, 0.15) is 44.0 Å². The molecule has 1 aliphatic rings. The Balaban J connectivity index is 1.45. The molecule has 0 atom stereocenters. The summed E-state index contributed by atoms with van der Waals surface area (Å²) in [7, 11) is 1.43. The van der Waals surface area contributed by atoms with E-state index in [-0.39, 0.29) is 17.4 Å². The molecule has 0 bridgehead atoms. The number of carbonyl (C=O) groups excluding carboxylic acids is 1. The SMILES string of the molecule is COc1ccc(-c2cc3cc(N4CCC(NC(=O)OC(C)(C)C)CC4)ccc3n2-c2ccc(C(=O)O)cc2)cc1F. The number of benzene rings is 3. The van der Waals surface area contributed by atoms with Crippen LogP contribution < -0.4 is 15.0 Å². The maximum absolute atomic E-state index is 14.7. The van der Waals surface area contributed by atoms with Gasteiger partial charge in [0.2, 0.25) is 0 Å². The smallest absolute Gasteiger partial charge is 0.407 e. The minimum Gasteiger partial charge on any atom is -0.494 e. The zero-order valence-corrected chi connectivity index (χ0v) is 23.6. The van der Waals surface area contributed by atoms with Crippen molar-refractivity contribution >= 4 is 28.7 Å². The first-order valence-electron chi connectivity index (χ1n) is 13.6. The van der Waals surface area contributed by atoms with Gasteiger partial charge < -0.3 is 29.4 Å². The standard InChI is InChI=1S/C32H34FN3O5/c1-32(2,3)41-31(39)34-23-13-15-35(16-14-23)25-10-11-27-22(17-25)19-28(21-7-12-29(40-4)26(33)18-21)36(27)24-8-5-20(6-9-24)30(37)38/h5-12,17-19,23H,13-16H2,1-4H3,(H,34,39)(H,37,38). The summed E-state index contributed by atoms with van der Waals surface area (Å²) in [5.74, 6) is -1.30. The number of ether oxygens (including phenoxy) is 2. The van der Waals surface area contributed by atoms with Crippen LogP contribution in [0.15, 0.2) is 66.7 Å². The molecule has 41 heavy (non-hydrogen) atoms. The van der Waals surface area contributed by atoms with Crippen LogP contribution in [0.3, 0.4) is 0 Å². The third-order valence-corrected chi connectivity index (χ3v) is 7.19. The third kappa shape index (κ3) is 6.14. The average molecular weight is 560 g/mol. The number of carboxylic acid groups (broad SMARTS) is 1. The van der Waals surface area contributed by atoms with E-state index in [9.17, 15) is 19.1 Å². The van der Waals surface area contributed by atoms with Crippen molar-refractivity contribution in [2.75, 3.05) is 25.1 Å². The van der Waals surface area contributed by atoms with Crippen LogP contribution in [0.25, 0.3) is 27.8 Å². The van der Waals surface area contributed by atoms with Gasteiger partial charge in [-0.3, -0.25) is 0 Å². The van der Waals surface area contributed by atoms with Crippen LogP contribution in [0.2, 0.25) is 0 Å². The monoisotopic (exact) mass is 559 g/mol. The van der Waals surface area contributed by atoms with Gasteiger partial charge in [0.15, 0.2) is 11.6 Å². The van der Waals surface area contributed by atoms with Crippen molar-refractivity contribution in [2.24, 2.45) is 0 Å². The molecule has 8 nitrogen and oxygen atoms in total. The number of piperidine rings is 1. The van der Waals surface area contributed by atoms with Gasteiger partial charge in [-0.05, 0) is 100 Å². The summed E-state index contributed by atoms with van der Waals surface area (Å²) in [5.41, 5.74) is 3.81. The number of hydrogen-bond donors (Lipinski definition) is 2. The predicted molar refractivity (Wildman–Crippen MR) is 157 cm³/mol. The highest BCUT2D eigenvalue weighted by Crippen LogP contribution is 2.36. The number of halogens is 1. The van der Waals surface area contributed by atoms with Crippen molar-refractivity contribution in [1.82, 2.24) is 9.88 Å². The predicted octanol–water partition coefficient (Wildman–Crippen LogP) is 6.64. The Morgan fingerprint density at radius 2 is 1.63 bits per heavy atom. The highest BCUT2D eigenvalue weighted by Gasteiger charge is 2.24. The van der Waals surface area contributed by atoms with Crippen molar-refractivity contribution in [3.05, 3.63) is 78.1 Å². The lowest BCUT2D eigenvalue weighted by Crippen LogP contribution is -2.46. The van der Waals surface area contributed by atoms with E-state index >= 15 is 0 Å². The number of alkyl carbamates (subject to hydrolysis) is 1. The number of amides is 1. The first-order chi connectivity index (χ1) is 19.5. The average Bonchev–Trinajstić information content (AvgIpc) is 3.31. The van der Waals surface area contributed by atoms with Gasteiger partial charge in [0.25, 0.3) is 0 Å². The first kappa shape index (κ1) is 28.0. The molecule has 2 heterocycles. The number of carbonyl (C=O) groups is 2. The molecule has 0 aliphatic carbocycles. The number of hydrogen-bond acceptors (Lipinski definition) is 5. The normalized spacial score (nSPS) is 14.2. The van der Waals surface area contributed by atoms with Gasteiger partial charge in [-0.15, -0.1) is 0 Å². The summed E-state index contributed by atoms with van der Waals surface area (Å²) in [6.45, 7) is 7.10. The van der Waals surface area contributed by atoms with Gasteiger partial charge in [0.05, 0.1) is 23.9 Å². The Kier molecular flexibility index (Phi) is 7.62. The molecule has 1 amide bonds. The minimum atomic E-state index is -0.999. The fourth-order valence-corrected chi connectivity index (χ4v) is 5.23. The maximum Gasteiger partial charge on any atom is 0.407 e. The van der Waals surface area contributed by atoms with E-state index in [0.29, 0.717) is 5.56 Å². The van der Waals surface area contributed by atoms with Crippen molar-refractivity contribution in [1.29, 1.82) is 0 Å². The molecule has 1 fully saturated rings. The topological polar surface area (TPSA) is 93.0 Å². The summed E-state index contributed by atoms with van der Waals surface area (Å²) in [4.78, 5) is 25.9. The van der Waals surface area contributed by atoms with Crippen molar-refractivity contribution in [3.8, 4) is 22.7 Å². The van der Waals surface area contributed by atoms with Crippen molar-refractivity contribution < 1.29 is 28.6 Å².